The number of nitrogens with zero attached hydrogens (tertiary/aromatic N) is 2. The van der Waals surface area contributed by atoms with Crippen LogP contribution >= 0.6 is 11.6 Å². The first-order valence-electron chi connectivity index (χ1n) is 12.4. The van der Waals surface area contributed by atoms with Crippen molar-refractivity contribution in [2.75, 3.05) is 10.8 Å². The lowest BCUT2D eigenvalue weighted by molar-refractivity contribution is -0.139. The summed E-state index contributed by atoms with van der Waals surface area (Å²) >= 11 is 5.99. The zero-order valence-corrected chi connectivity index (χ0v) is 23.9. The Morgan fingerprint density at radius 2 is 1.50 bits per heavy atom. The van der Waals surface area contributed by atoms with Gasteiger partial charge in [-0.1, -0.05) is 59.6 Å². The van der Waals surface area contributed by atoms with Crippen LogP contribution in [0.4, 0.5) is 5.69 Å². The van der Waals surface area contributed by atoms with E-state index < -0.39 is 28.5 Å². The van der Waals surface area contributed by atoms with Gasteiger partial charge < -0.3 is 10.2 Å². The molecular formula is C29H34ClN3O4S. The van der Waals surface area contributed by atoms with Gasteiger partial charge in [0, 0.05) is 17.6 Å². The summed E-state index contributed by atoms with van der Waals surface area (Å²) in [6.45, 7) is 8.75. The van der Waals surface area contributed by atoms with E-state index in [1.807, 2.05) is 45.0 Å². The van der Waals surface area contributed by atoms with Crippen molar-refractivity contribution in [2.24, 2.45) is 0 Å². The van der Waals surface area contributed by atoms with Gasteiger partial charge in [-0.15, -0.1) is 0 Å². The Bertz CT molecular complexity index is 1370. The fourth-order valence-electron chi connectivity index (χ4n) is 3.97. The monoisotopic (exact) mass is 555 g/mol. The predicted octanol–water partition coefficient (Wildman–Crippen LogP) is 5.09. The molecule has 202 valence electrons. The van der Waals surface area contributed by atoms with E-state index in [1.165, 1.54) is 29.2 Å². The lowest BCUT2D eigenvalue weighted by Gasteiger charge is -2.32. The molecule has 1 N–H and O–H groups in total. The Balaban J connectivity index is 2.04. The van der Waals surface area contributed by atoms with Crippen LogP contribution in [-0.4, -0.2) is 43.8 Å². The number of amides is 2. The molecule has 0 spiro atoms. The van der Waals surface area contributed by atoms with Gasteiger partial charge in [-0.3, -0.25) is 13.9 Å². The normalized spacial score (nSPS) is 12.2. The molecule has 0 heterocycles. The first-order valence-corrected chi connectivity index (χ1v) is 14.2. The van der Waals surface area contributed by atoms with E-state index in [0.29, 0.717) is 16.3 Å². The minimum absolute atomic E-state index is 0.00800. The number of para-hydroxylation sites is 1. The molecule has 0 aliphatic rings. The largest absolute Gasteiger partial charge is 0.352 e. The van der Waals surface area contributed by atoms with Gasteiger partial charge in [-0.05, 0) is 76.1 Å². The van der Waals surface area contributed by atoms with Crippen LogP contribution in [0.15, 0.2) is 77.7 Å². The van der Waals surface area contributed by atoms with Crippen molar-refractivity contribution in [1.82, 2.24) is 10.2 Å². The highest BCUT2D eigenvalue weighted by molar-refractivity contribution is 7.92. The third-order valence-corrected chi connectivity index (χ3v) is 8.16. The summed E-state index contributed by atoms with van der Waals surface area (Å²) in [5.41, 5.74) is 2.96. The zero-order valence-electron chi connectivity index (χ0n) is 22.3. The summed E-state index contributed by atoms with van der Waals surface area (Å²) in [5.74, 6) is -0.818. The number of hydrogen-bond acceptors (Lipinski definition) is 4. The minimum atomic E-state index is -4.14. The molecule has 0 aliphatic carbocycles. The Kier molecular flexibility index (Phi) is 9.57. The average Bonchev–Trinajstić information content (AvgIpc) is 2.86. The van der Waals surface area contributed by atoms with Crippen molar-refractivity contribution in [2.45, 2.75) is 58.1 Å². The van der Waals surface area contributed by atoms with Crippen molar-refractivity contribution in [3.05, 3.63) is 94.5 Å². The number of nitrogens with one attached hydrogen (secondary N) is 1. The number of halogens is 1. The molecule has 9 heteroatoms. The molecule has 3 aromatic carbocycles. The second-order valence-electron chi connectivity index (χ2n) is 9.60. The van der Waals surface area contributed by atoms with Crippen LogP contribution in [0, 0.1) is 13.8 Å². The van der Waals surface area contributed by atoms with Crippen molar-refractivity contribution >= 4 is 39.1 Å². The van der Waals surface area contributed by atoms with Crippen LogP contribution in [0.1, 0.15) is 37.5 Å². The predicted molar refractivity (Wildman–Crippen MR) is 152 cm³/mol. The van der Waals surface area contributed by atoms with Crippen LogP contribution in [0.2, 0.25) is 5.02 Å². The van der Waals surface area contributed by atoms with Gasteiger partial charge in [0.15, 0.2) is 0 Å². The Hall–Kier alpha value is -3.36. The summed E-state index contributed by atoms with van der Waals surface area (Å²) < 4.78 is 28.8. The molecule has 3 aromatic rings. The zero-order chi connectivity index (χ0) is 28.0. The van der Waals surface area contributed by atoms with Gasteiger partial charge in [0.1, 0.15) is 12.6 Å². The van der Waals surface area contributed by atoms with Gasteiger partial charge in [0.25, 0.3) is 10.0 Å². The lowest BCUT2D eigenvalue weighted by atomic mass is 10.1. The molecule has 0 saturated carbocycles. The number of rotatable bonds is 10. The van der Waals surface area contributed by atoms with Crippen LogP contribution in [-0.2, 0) is 26.2 Å². The molecule has 7 nitrogen and oxygen atoms in total. The fraction of sp³-hybridized carbons (Fsp3) is 0.310. The Morgan fingerprint density at radius 3 is 2.08 bits per heavy atom. The average molecular weight is 556 g/mol. The van der Waals surface area contributed by atoms with Crippen LogP contribution < -0.4 is 9.62 Å². The molecule has 0 saturated heterocycles. The highest BCUT2D eigenvalue weighted by atomic mass is 35.5. The fourth-order valence-corrected chi connectivity index (χ4v) is 5.57. The third kappa shape index (κ3) is 7.14. The van der Waals surface area contributed by atoms with Crippen LogP contribution in [0.25, 0.3) is 0 Å². The maximum atomic E-state index is 13.9. The maximum Gasteiger partial charge on any atom is 0.264 e. The molecule has 0 aliphatic heterocycles. The molecule has 38 heavy (non-hydrogen) atoms. The van der Waals surface area contributed by atoms with Crippen molar-refractivity contribution in [3.63, 3.8) is 0 Å². The van der Waals surface area contributed by atoms with E-state index in [4.69, 9.17) is 11.6 Å². The van der Waals surface area contributed by atoms with E-state index in [1.54, 1.807) is 38.1 Å². The van der Waals surface area contributed by atoms with Crippen molar-refractivity contribution in [1.29, 1.82) is 0 Å². The number of sulfonamides is 1. The summed E-state index contributed by atoms with van der Waals surface area (Å²) in [5, 5.41) is 3.25. The van der Waals surface area contributed by atoms with Crippen molar-refractivity contribution in [3.8, 4) is 0 Å². The van der Waals surface area contributed by atoms with Gasteiger partial charge in [0.2, 0.25) is 11.8 Å². The highest BCUT2D eigenvalue weighted by Crippen LogP contribution is 2.28. The molecule has 0 aromatic heterocycles. The molecule has 2 amide bonds. The third-order valence-electron chi connectivity index (χ3n) is 6.14. The number of anilines is 1. The van der Waals surface area contributed by atoms with E-state index in [9.17, 15) is 18.0 Å². The molecule has 0 radical (unpaired) electrons. The summed E-state index contributed by atoms with van der Waals surface area (Å²) in [6, 6.07) is 19.5. The van der Waals surface area contributed by atoms with Crippen LogP contribution in [0.3, 0.4) is 0 Å². The molecule has 0 bridgehead atoms. The number of benzene rings is 3. The first-order chi connectivity index (χ1) is 17.9. The first kappa shape index (κ1) is 29.2. The van der Waals surface area contributed by atoms with Gasteiger partial charge in [-0.25, -0.2) is 8.42 Å². The quantitative estimate of drug-likeness (QED) is 0.377. The molecular weight excluding hydrogens is 522 g/mol. The van der Waals surface area contributed by atoms with Gasteiger partial charge >= 0.3 is 0 Å². The second kappa shape index (κ2) is 12.5. The second-order valence-corrected chi connectivity index (χ2v) is 11.9. The minimum Gasteiger partial charge on any atom is -0.352 e. The van der Waals surface area contributed by atoms with Crippen molar-refractivity contribution < 1.29 is 18.0 Å². The molecule has 1 atom stereocenters. The summed E-state index contributed by atoms with van der Waals surface area (Å²) in [7, 11) is -4.14. The van der Waals surface area contributed by atoms with Gasteiger partial charge in [-0.2, -0.15) is 0 Å². The topological polar surface area (TPSA) is 86.8 Å². The molecule has 0 fully saturated rings. The standard InChI is InChI=1S/C29H34ClN3O4S/c1-20(2)31-29(35)23(5)32(18-24-12-10-21(3)11-13-24)28(34)19-33(27-9-7-6-8-22(27)4)38(36,37)26-16-14-25(30)15-17-26/h6-17,20,23H,18-19H2,1-5H3,(H,31,35)/t23-/m0/s1. The van der Waals surface area contributed by atoms with Gasteiger partial charge in [0.05, 0.1) is 10.6 Å². The highest BCUT2D eigenvalue weighted by Gasteiger charge is 2.33. The Morgan fingerprint density at radius 1 is 0.895 bits per heavy atom. The van der Waals surface area contributed by atoms with E-state index >= 15 is 0 Å². The molecule has 0 unspecified atom stereocenters. The smallest absolute Gasteiger partial charge is 0.264 e. The van der Waals surface area contributed by atoms with Crippen LogP contribution in [0.5, 0.6) is 0 Å². The number of carbonyl (C=O) groups is 2. The summed E-state index contributed by atoms with van der Waals surface area (Å²) in [4.78, 5) is 28.3. The number of aryl methyl sites for hydroxylation is 2. The SMILES string of the molecule is Cc1ccc(CN(C(=O)CN(c2ccccc2C)S(=O)(=O)c2ccc(Cl)cc2)[C@@H](C)C(=O)NC(C)C)cc1. The lowest BCUT2D eigenvalue weighted by Crippen LogP contribution is -2.52. The number of hydrogen-bond donors (Lipinski definition) is 1. The van der Waals surface area contributed by atoms with E-state index in [-0.39, 0.29) is 23.4 Å². The summed E-state index contributed by atoms with van der Waals surface area (Å²) in [6.07, 6.45) is 0. The van der Waals surface area contributed by atoms with E-state index in [0.717, 1.165) is 15.4 Å². The maximum absolute atomic E-state index is 13.9. The molecule has 3 rings (SSSR count). The van der Waals surface area contributed by atoms with E-state index in [2.05, 4.69) is 5.32 Å². The Labute approximate surface area is 230 Å². The number of carbonyl (C=O) groups excluding carboxylic acids is 2.